The minimum Gasteiger partial charge on any atom is -0.444 e. The van der Waals surface area contributed by atoms with E-state index in [-0.39, 0.29) is 23.0 Å². The number of carbonyl (C=O) groups excluding carboxylic acids is 2. The molecule has 0 saturated heterocycles. The Kier molecular flexibility index (Phi) is 6.28. The number of furan rings is 1. The molecule has 1 aliphatic rings. The van der Waals surface area contributed by atoms with Gasteiger partial charge in [0.25, 0.3) is 11.8 Å². The molecule has 6 heteroatoms. The zero-order chi connectivity index (χ0) is 21.8. The fourth-order valence-corrected chi connectivity index (χ4v) is 4.72. The van der Waals surface area contributed by atoms with E-state index in [4.69, 9.17) is 4.42 Å². The predicted octanol–water partition coefficient (Wildman–Crippen LogP) is 5.56. The molecule has 1 saturated carbocycles. The van der Waals surface area contributed by atoms with Crippen LogP contribution in [-0.2, 0) is 5.41 Å². The van der Waals surface area contributed by atoms with Crippen molar-refractivity contribution >= 4 is 33.4 Å². The van der Waals surface area contributed by atoms with Crippen LogP contribution in [0, 0.1) is 0 Å². The predicted molar refractivity (Wildman–Crippen MR) is 125 cm³/mol. The van der Waals surface area contributed by atoms with E-state index >= 15 is 0 Å². The summed E-state index contributed by atoms with van der Waals surface area (Å²) in [6, 6.07) is 20.9. The van der Waals surface area contributed by atoms with Crippen LogP contribution in [-0.4, -0.2) is 25.4 Å². The maximum atomic E-state index is 13.2. The molecule has 2 amide bonds. The monoisotopic (exact) mass is 480 g/mol. The van der Waals surface area contributed by atoms with Crippen molar-refractivity contribution in [2.45, 2.75) is 31.1 Å². The van der Waals surface area contributed by atoms with Gasteiger partial charge in [0.05, 0.1) is 11.3 Å². The Balaban J connectivity index is 1.54. The van der Waals surface area contributed by atoms with E-state index in [0.29, 0.717) is 22.5 Å². The van der Waals surface area contributed by atoms with Crippen LogP contribution in [0.4, 0.5) is 5.69 Å². The number of hydrogen-bond acceptors (Lipinski definition) is 3. The summed E-state index contributed by atoms with van der Waals surface area (Å²) in [6.45, 7) is 0.576. The van der Waals surface area contributed by atoms with E-state index in [9.17, 15) is 9.59 Å². The Morgan fingerprint density at radius 3 is 2.35 bits per heavy atom. The molecule has 0 bridgehead atoms. The average molecular weight is 481 g/mol. The van der Waals surface area contributed by atoms with Gasteiger partial charge in [-0.2, -0.15) is 0 Å². The summed E-state index contributed by atoms with van der Waals surface area (Å²) in [6.07, 6.45) is 4.45. The molecule has 0 spiro atoms. The molecular formula is C25H25BrN2O3. The fourth-order valence-electron chi connectivity index (χ4n) is 4.42. The number of rotatable bonds is 6. The van der Waals surface area contributed by atoms with Crippen LogP contribution in [0.25, 0.3) is 0 Å². The van der Waals surface area contributed by atoms with Crippen LogP contribution in [0.3, 0.4) is 0 Å². The van der Waals surface area contributed by atoms with Crippen LogP contribution in [0.1, 0.15) is 52.2 Å². The summed E-state index contributed by atoms with van der Waals surface area (Å²) >= 11 is 3.22. The molecule has 2 aromatic carbocycles. The Hall–Kier alpha value is -2.86. The van der Waals surface area contributed by atoms with Crippen molar-refractivity contribution in [3.63, 3.8) is 0 Å². The Morgan fingerprint density at radius 1 is 1.00 bits per heavy atom. The molecule has 0 aliphatic heterocycles. The van der Waals surface area contributed by atoms with Gasteiger partial charge >= 0.3 is 0 Å². The van der Waals surface area contributed by atoms with Crippen LogP contribution in [0.5, 0.6) is 0 Å². The van der Waals surface area contributed by atoms with Crippen LogP contribution < -0.4 is 10.2 Å². The van der Waals surface area contributed by atoms with Crippen molar-refractivity contribution in [1.29, 1.82) is 0 Å². The number of para-hydroxylation sites is 1. The van der Waals surface area contributed by atoms with Crippen molar-refractivity contribution in [1.82, 2.24) is 5.32 Å². The number of benzene rings is 2. The van der Waals surface area contributed by atoms with Crippen molar-refractivity contribution in [2.24, 2.45) is 0 Å². The lowest BCUT2D eigenvalue weighted by molar-refractivity contribution is 0.0943. The van der Waals surface area contributed by atoms with Gasteiger partial charge < -0.3 is 14.6 Å². The van der Waals surface area contributed by atoms with Gasteiger partial charge in [0.2, 0.25) is 0 Å². The lowest BCUT2D eigenvalue weighted by Crippen LogP contribution is -2.39. The molecule has 1 heterocycles. The third-order valence-electron chi connectivity index (χ3n) is 6.13. The number of amides is 2. The highest BCUT2D eigenvalue weighted by molar-refractivity contribution is 9.10. The maximum Gasteiger partial charge on any atom is 0.293 e. The van der Waals surface area contributed by atoms with Crippen LogP contribution >= 0.6 is 15.9 Å². The van der Waals surface area contributed by atoms with E-state index in [1.165, 1.54) is 10.5 Å². The van der Waals surface area contributed by atoms with E-state index in [0.717, 1.165) is 25.7 Å². The average Bonchev–Trinajstić information content (AvgIpc) is 3.47. The highest BCUT2D eigenvalue weighted by Gasteiger charge is 2.36. The third-order valence-corrected chi connectivity index (χ3v) is 6.56. The number of anilines is 1. The third kappa shape index (κ3) is 4.44. The first-order chi connectivity index (χ1) is 15.0. The van der Waals surface area contributed by atoms with Gasteiger partial charge in [-0.1, -0.05) is 55.3 Å². The molecular weight excluding hydrogens is 456 g/mol. The van der Waals surface area contributed by atoms with Gasteiger partial charge in [0, 0.05) is 19.0 Å². The fraction of sp³-hybridized carbons (Fsp3) is 0.280. The molecule has 1 fully saturated rings. The molecule has 0 unspecified atom stereocenters. The lowest BCUT2D eigenvalue weighted by atomic mass is 9.79. The zero-order valence-corrected chi connectivity index (χ0v) is 19.0. The van der Waals surface area contributed by atoms with Gasteiger partial charge in [-0.3, -0.25) is 9.59 Å². The summed E-state index contributed by atoms with van der Waals surface area (Å²) in [7, 11) is 1.65. The summed E-state index contributed by atoms with van der Waals surface area (Å²) < 4.78 is 5.87. The maximum absolute atomic E-state index is 13.2. The molecule has 4 rings (SSSR count). The second-order valence-corrected chi connectivity index (χ2v) is 8.80. The SMILES string of the molecule is CN(C(=O)c1ccc(Br)o1)c1ccccc1C(=O)NCC1(c2ccccc2)CCCC1. The number of hydrogen-bond donors (Lipinski definition) is 1. The highest BCUT2D eigenvalue weighted by Crippen LogP contribution is 2.40. The Labute approximate surface area is 190 Å². The summed E-state index contributed by atoms with van der Waals surface area (Å²) in [4.78, 5) is 27.4. The van der Waals surface area contributed by atoms with E-state index < -0.39 is 0 Å². The smallest absolute Gasteiger partial charge is 0.293 e. The molecule has 0 atom stereocenters. The standard InChI is InChI=1S/C25H25BrN2O3/c1-28(24(30)21-13-14-22(26)31-21)20-12-6-5-11-19(20)23(29)27-17-25(15-7-8-16-25)18-9-3-2-4-10-18/h2-6,9-14H,7-8,15-17H2,1H3,(H,27,29). The Morgan fingerprint density at radius 2 is 1.68 bits per heavy atom. The highest BCUT2D eigenvalue weighted by atomic mass is 79.9. The van der Waals surface area contributed by atoms with Crippen molar-refractivity contribution < 1.29 is 14.0 Å². The summed E-state index contributed by atoms with van der Waals surface area (Å²) in [5.74, 6) is -0.292. The second kappa shape index (κ2) is 9.10. The number of nitrogens with one attached hydrogen (secondary N) is 1. The number of nitrogens with zero attached hydrogens (tertiary/aromatic N) is 1. The first kappa shape index (κ1) is 21.4. The van der Waals surface area contributed by atoms with Crippen molar-refractivity contribution in [3.05, 3.63) is 88.3 Å². The Bertz CT molecular complexity index is 1070. The van der Waals surface area contributed by atoms with Crippen LogP contribution in [0.15, 0.2) is 75.8 Å². The number of halogens is 1. The van der Waals surface area contributed by atoms with E-state index in [1.54, 1.807) is 31.3 Å². The van der Waals surface area contributed by atoms with Gasteiger partial charge in [0.1, 0.15) is 0 Å². The molecule has 1 N–H and O–H groups in total. The minimum absolute atomic E-state index is 0.0337. The van der Waals surface area contributed by atoms with Crippen LogP contribution in [0.2, 0.25) is 0 Å². The number of carbonyl (C=O) groups is 2. The topological polar surface area (TPSA) is 62.6 Å². The normalized spacial score (nSPS) is 14.9. The lowest BCUT2D eigenvalue weighted by Gasteiger charge is -2.30. The van der Waals surface area contributed by atoms with Crippen molar-refractivity contribution in [3.8, 4) is 0 Å². The van der Waals surface area contributed by atoms with Gasteiger partial charge in [-0.15, -0.1) is 0 Å². The molecule has 1 aliphatic carbocycles. The quantitative estimate of drug-likeness (QED) is 0.502. The van der Waals surface area contributed by atoms with E-state index in [2.05, 4.69) is 45.5 Å². The second-order valence-electron chi connectivity index (χ2n) is 8.02. The first-order valence-corrected chi connectivity index (χ1v) is 11.3. The summed E-state index contributed by atoms with van der Waals surface area (Å²) in [5.41, 5.74) is 2.24. The summed E-state index contributed by atoms with van der Waals surface area (Å²) in [5, 5.41) is 3.15. The molecule has 5 nitrogen and oxygen atoms in total. The van der Waals surface area contributed by atoms with Gasteiger partial charge in [0.15, 0.2) is 10.4 Å². The zero-order valence-electron chi connectivity index (χ0n) is 17.4. The largest absolute Gasteiger partial charge is 0.444 e. The molecule has 31 heavy (non-hydrogen) atoms. The van der Waals surface area contributed by atoms with Gasteiger partial charge in [-0.05, 0) is 58.6 Å². The molecule has 3 aromatic rings. The van der Waals surface area contributed by atoms with Gasteiger partial charge in [-0.25, -0.2) is 0 Å². The minimum atomic E-state index is -0.317. The molecule has 0 radical (unpaired) electrons. The van der Waals surface area contributed by atoms with Crippen molar-refractivity contribution in [2.75, 3.05) is 18.5 Å². The molecule has 1 aromatic heterocycles. The molecule has 160 valence electrons. The van der Waals surface area contributed by atoms with E-state index in [1.807, 2.05) is 18.2 Å². The first-order valence-electron chi connectivity index (χ1n) is 10.5.